The van der Waals surface area contributed by atoms with Gasteiger partial charge >= 0.3 is 5.97 Å². The average molecular weight is 312 g/mol. The number of sulfone groups is 1. The molecule has 2 rings (SSSR count). The summed E-state index contributed by atoms with van der Waals surface area (Å²) in [5, 5.41) is 17.9. The maximum Gasteiger partial charge on any atom is 0.314 e. The molecular formula is C15H20O5S. The molecule has 3 unspecified atom stereocenters. The Labute approximate surface area is 124 Å². The monoisotopic (exact) mass is 312 g/mol. The zero-order chi connectivity index (χ0) is 15.8. The fraction of sp³-hybridized carbons (Fsp3) is 0.533. The van der Waals surface area contributed by atoms with Crippen molar-refractivity contribution >= 4 is 15.8 Å². The molecule has 3 atom stereocenters. The maximum absolute atomic E-state index is 12.2. The Balaban J connectivity index is 2.47. The van der Waals surface area contributed by atoms with Gasteiger partial charge in [0.15, 0.2) is 9.84 Å². The van der Waals surface area contributed by atoms with E-state index in [9.17, 15) is 23.4 Å². The lowest BCUT2D eigenvalue weighted by molar-refractivity contribution is -0.145. The molecule has 2 N–H and O–H groups in total. The topological polar surface area (TPSA) is 91.7 Å². The summed E-state index contributed by atoms with van der Waals surface area (Å²) in [5.74, 6) is -2.07. The fourth-order valence-corrected chi connectivity index (χ4v) is 5.11. The Bertz CT molecular complexity index is 635. The molecular weight excluding hydrogens is 292 g/mol. The summed E-state index contributed by atoms with van der Waals surface area (Å²) in [6.45, 7) is 2.83. The minimum absolute atomic E-state index is 0.129. The summed E-state index contributed by atoms with van der Waals surface area (Å²) in [6.07, 6.45) is 0.853. The van der Waals surface area contributed by atoms with E-state index < -0.39 is 39.0 Å². The molecule has 0 spiro atoms. The van der Waals surface area contributed by atoms with Crippen molar-refractivity contribution in [2.45, 2.75) is 31.4 Å². The number of carboxylic acid groups (broad SMARTS) is 1. The van der Waals surface area contributed by atoms with E-state index in [0.717, 1.165) is 12.0 Å². The summed E-state index contributed by atoms with van der Waals surface area (Å²) < 4.78 is 24.3. The molecule has 1 aromatic carbocycles. The largest absolute Gasteiger partial charge is 0.481 e. The van der Waals surface area contributed by atoms with Crippen LogP contribution in [0.1, 0.15) is 30.9 Å². The number of carbonyl (C=O) groups is 1. The number of aliphatic hydroxyl groups excluding tert-OH is 1. The highest BCUT2D eigenvalue weighted by molar-refractivity contribution is 7.92. The normalized spacial score (nSPS) is 28.3. The SMILES string of the molecule is CCc1ccc(C2C(S(=O)(=O)CC)C2(CO)C(=O)O)cc1. The van der Waals surface area contributed by atoms with Crippen LogP contribution in [0.25, 0.3) is 0 Å². The minimum atomic E-state index is -3.54. The molecule has 0 heterocycles. The number of rotatable bonds is 6. The number of hydrogen-bond acceptors (Lipinski definition) is 4. The molecule has 0 bridgehead atoms. The lowest BCUT2D eigenvalue weighted by Crippen LogP contribution is -2.28. The van der Waals surface area contributed by atoms with Gasteiger partial charge in [-0.05, 0) is 17.5 Å². The second-order valence-electron chi connectivity index (χ2n) is 5.45. The van der Waals surface area contributed by atoms with Crippen LogP contribution >= 0.6 is 0 Å². The molecule has 1 fully saturated rings. The summed E-state index contributed by atoms with van der Waals surface area (Å²) in [6, 6.07) is 7.27. The lowest BCUT2D eigenvalue weighted by Gasteiger charge is -2.09. The molecule has 0 saturated heterocycles. The average Bonchev–Trinajstić information content (AvgIpc) is 3.19. The molecule has 116 valence electrons. The van der Waals surface area contributed by atoms with E-state index in [1.165, 1.54) is 6.92 Å². The Morgan fingerprint density at radius 3 is 2.19 bits per heavy atom. The zero-order valence-corrected chi connectivity index (χ0v) is 12.9. The van der Waals surface area contributed by atoms with Crippen LogP contribution in [0.5, 0.6) is 0 Å². The number of benzene rings is 1. The molecule has 5 nitrogen and oxygen atoms in total. The first-order valence-electron chi connectivity index (χ1n) is 6.99. The van der Waals surface area contributed by atoms with Gasteiger partial charge in [0.25, 0.3) is 0 Å². The third-order valence-corrected chi connectivity index (χ3v) is 6.72. The van der Waals surface area contributed by atoms with Crippen LogP contribution in [0.3, 0.4) is 0 Å². The van der Waals surface area contributed by atoms with Crippen molar-refractivity contribution in [1.29, 1.82) is 0 Å². The molecule has 6 heteroatoms. The molecule has 0 amide bonds. The fourth-order valence-electron chi connectivity index (χ4n) is 3.06. The first kappa shape index (κ1) is 16.0. The minimum Gasteiger partial charge on any atom is -0.481 e. The molecule has 0 aromatic heterocycles. The van der Waals surface area contributed by atoms with Gasteiger partial charge in [0, 0.05) is 11.7 Å². The number of aliphatic carboxylic acids is 1. The van der Waals surface area contributed by atoms with Gasteiger partial charge in [-0.1, -0.05) is 38.1 Å². The Morgan fingerprint density at radius 2 is 1.81 bits per heavy atom. The van der Waals surface area contributed by atoms with Crippen molar-refractivity contribution in [2.24, 2.45) is 5.41 Å². The highest BCUT2D eigenvalue weighted by Gasteiger charge is 2.75. The van der Waals surface area contributed by atoms with E-state index in [2.05, 4.69) is 0 Å². The highest BCUT2D eigenvalue weighted by Crippen LogP contribution is 2.63. The summed E-state index contributed by atoms with van der Waals surface area (Å²) >= 11 is 0. The van der Waals surface area contributed by atoms with Gasteiger partial charge < -0.3 is 10.2 Å². The van der Waals surface area contributed by atoms with E-state index in [0.29, 0.717) is 5.56 Å². The van der Waals surface area contributed by atoms with Crippen molar-refractivity contribution in [2.75, 3.05) is 12.4 Å². The Hall–Kier alpha value is -1.40. The molecule has 1 aromatic rings. The van der Waals surface area contributed by atoms with Crippen molar-refractivity contribution in [3.8, 4) is 0 Å². The van der Waals surface area contributed by atoms with Crippen LogP contribution in [-0.2, 0) is 21.1 Å². The van der Waals surface area contributed by atoms with Gasteiger partial charge in [-0.15, -0.1) is 0 Å². The van der Waals surface area contributed by atoms with Crippen LogP contribution in [-0.4, -0.2) is 42.2 Å². The third kappa shape index (κ3) is 2.36. The van der Waals surface area contributed by atoms with Gasteiger partial charge in [0.1, 0.15) is 5.41 Å². The predicted molar refractivity (Wildman–Crippen MR) is 79.0 cm³/mol. The van der Waals surface area contributed by atoms with Gasteiger partial charge in [0.05, 0.1) is 11.9 Å². The van der Waals surface area contributed by atoms with E-state index in [4.69, 9.17) is 0 Å². The molecule has 0 radical (unpaired) electrons. The van der Waals surface area contributed by atoms with E-state index >= 15 is 0 Å². The smallest absolute Gasteiger partial charge is 0.314 e. The van der Waals surface area contributed by atoms with Crippen molar-refractivity contribution in [1.82, 2.24) is 0 Å². The highest BCUT2D eigenvalue weighted by atomic mass is 32.2. The van der Waals surface area contributed by atoms with E-state index in [-0.39, 0.29) is 5.75 Å². The first-order valence-corrected chi connectivity index (χ1v) is 8.71. The predicted octanol–water partition coefficient (Wildman–Crippen LogP) is 1.21. The van der Waals surface area contributed by atoms with Crippen molar-refractivity contribution in [3.63, 3.8) is 0 Å². The van der Waals surface area contributed by atoms with Crippen molar-refractivity contribution in [3.05, 3.63) is 35.4 Å². The van der Waals surface area contributed by atoms with Gasteiger partial charge in [-0.2, -0.15) is 0 Å². The Morgan fingerprint density at radius 1 is 1.24 bits per heavy atom. The van der Waals surface area contributed by atoms with Gasteiger partial charge in [-0.3, -0.25) is 4.79 Å². The van der Waals surface area contributed by atoms with Crippen LogP contribution in [0.2, 0.25) is 0 Å². The molecule has 1 aliphatic carbocycles. The quantitative estimate of drug-likeness (QED) is 0.824. The molecule has 1 saturated carbocycles. The second kappa shape index (κ2) is 5.42. The number of aryl methyl sites for hydroxylation is 1. The van der Waals surface area contributed by atoms with E-state index in [1.54, 1.807) is 12.1 Å². The lowest BCUT2D eigenvalue weighted by atomic mass is 9.99. The van der Waals surface area contributed by atoms with Gasteiger partial charge in [0.2, 0.25) is 0 Å². The number of carboxylic acids is 1. The Kier molecular flexibility index (Phi) is 4.13. The second-order valence-corrected chi connectivity index (χ2v) is 7.86. The van der Waals surface area contributed by atoms with Crippen LogP contribution in [0.4, 0.5) is 0 Å². The molecule has 21 heavy (non-hydrogen) atoms. The van der Waals surface area contributed by atoms with E-state index in [1.807, 2.05) is 19.1 Å². The molecule has 1 aliphatic rings. The number of aliphatic hydroxyl groups is 1. The summed E-state index contributed by atoms with van der Waals surface area (Å²) in [4.78, 5) is 11.6. The standard InChI is InChI=1S/C15H20O5S/c1-3-10-5-7-11(8-6-10)12-13(21(19,20)4-2)15(12,9-16)14(17)18/h5-8,12-13,16H,3-4,9H2,1-2H3,(H,17,18). The molecule has 0 aliphatic heterocycles. The summed E-state index contributed by atoms with van der Waals surface area (Å²) in [7, 11) is -3.54. The van der Waals surface area contributed by atoms with Gasteiger partial charge in [-0.25, -0.2) is 8.42 Å². The number of hydrogen-bond donors (Lipinski definition) is 2. The third-order valence-electron chi connectivity index (χ3n) is 4.45. The maximum atomic E-state index is 12.2. The zero-order valence-electron chi connectivity index (χ0n) is 12.1. The van der Waals surface area contributed by atoms with Crippen LogP contribution < -0.4 is 0 Å². The van der Waals surface area contributed by atoms with Crippen LogP contribution in [0, 0.1) is 5.41 Å². The summed E-state index contributed by atoms with van der Waals surface area (Å²) in [5.41, 5.74) is 0.146. The van der Waals surface area contributed by atoms with Crippen LogP contribution in [0.15, 0.2) is 24.3 Å². The first-order chi connectivity index (χ1) is 9.85. The van der Waals surface area contributed by atoms with Crippen molar-refractivity contribution < 1.29 is 23.4 Å².